The van der Waals surface area contributed by atoms with Crippen LogP contribution in [0.4, 0.5) is 20.4 Å². The van der Waals surface area contributed by atoms with E-state index < -0.39 is 0 Å². The van der Waals surface area contributed by atoms with Gasteiger partial charge in [-0.25, -0.2) is 28.7 Å². The summed E-state index contributed by atoms with van der Waals surface area (Å²) in [4.78, 5) is 30.6. The Bertz CT molecular complexity index is 2120. The minimum absolute atomic E-state index is 0.145. The largest absolute Gasteiger partial charge is 0.355 e. The molecule has 10 nitrogen and oxygen atoms in total. The number of piperidine rings is 1. The van der Waals surface area contributed by atoms with Gasteiger partial charge in [0.1, 0.15) is 23.3 Å². The van der Waals surface area contributed by atoms with Crippen molar-refractivity contribution in [3.63, 3.8) is 0 Å². The van der Waals surface area contributed by atoms with Crippen molar-refractivity contribution in [1.29, 1.82) is 0 Å². The molecule has 4 atom stereocenters. The van der Waals surface area contributed by atoms with Gasteiger partial charge in [-0.05, 0) is 88.1 Å². The third-order valence-corrected chi connectivity index (χ3v) is 12.1. The first-order chi connectivity index (χ1) is 26.1. The highest BCUT2D eigenvalue weighted by molar-refractivity contribution is 5.78. The summed E-state index contributed by atoms with van der Waals surface area (Å²) in [5.41, 5.74) is 6.06. The molecular weight excluding hydrogens is 671 g/mol. The summed E-state index contributed by atoms with van der Waals surface area (Å²) in [6.45, 7) is 3.64. The summed E-state index contributed by atoms with van der Waals surface area (Å²) in [5.74, 6) is 2.26. The van der Waals surface area contributed by atoms with E-state index in [0.29, 0.717) is 46.9 Å². The Morgan fingerprint density at radius 3 is 1.70 bits per heavy atom. The van der Waals surface area contributed by atoms with Crippen molar-refractivity contribution in [2.45, 2.75) is 81.5 Å². The number of imidazole rings is 2. The lowest BCUT2D eigenvalue weighted by Crippen LogP contribution is -2.34. The maximum absolute atomic E-state index is 16.2. The van der Waals surface area contributed by atoms with Crippen molar-refractivity contribution >= 4 is 33.7 Å². The summed E-state index contributed by atoms with van der Waals surface area (Å²) in [7, 11) is 0. The Balaban J connectivity index is 0.990. The maximum Gasteiger partial charge on any atom is 0.225 e. The van der Waals surface area contributed by atoms with Gasteiger partial charge >= 0.3 is 0 Å². The summed E-state index contributed by atoms with van der Waals surface area (Å²) in [5, 5.41) is 6.97. The molecule has 0 unspecified atom stereocenters. The van der Waals surface area contributed by atoms with Gasteiger partial charge in [0.2, 0.25) is 5.95 Å². The number of fused-ring (bicyclic) bond motifs is 2. The lowest BCUT2D eigenvalue weighted by Gasteiger charge is -2.34. The van der Waals surface area contributed by atoms with Gasteiger partial charge in [-0.2, -0.15) is 0 Å². The predicted molar refractivity (Wildman–Crippen MR) is 202 cm³/mol. The molecule has 4 aliphatic heterocycles. The van der Waals surface area contributed by atoms with Crippen LogP contribution in [0, 0.1) is 11.6 Å². The van der Waals surface area contributed by atoms with Crippen molar-refractivity contribution in [1.82, 2.24) is 40.5 Å². The summed E-state index contributed by atoms with van der Waals surface area (Å²) < 4.78 is 32.5. The van der Waals surface area contributed by atoms with Crippen LogP contribution in [-0.4, -0.2) is 56.1 Å². The lowest BCUT2D eigenvalue weighted by molar-refractivity contribution is 0.499. The molecule has 4 N–H and O–H groups in total. The van der Waals surface area contributed by atoms with Gasteiger partial charge in [-0.15, -0.1) is 0 Å². The molecule has 0 amide bonds. The number of nitrogens with one attached hydrogen (secondary N) is 4. The number of H-pyrrole nitrogens is 2. The molecule has 10 rings (SSSR count). The number of rotatable bonds is 7. The number of nitrogens with zero attached hydrogens (tertiary/aromatic N) is 6. The Morgan fingerprint density at radius 1 is 0.642 bits per heavy atom. The van der Waals surface area contributed by atoms with Crippen molar-refractivity contribution in [3.8, 4) is 0 Å². The van der Waals surface area contributed by atoms with Gasteiger partial charge < -0.3 is 30.4 Å². The zero-order chi connectivity index (χ0) is 35.5. The van der Waals surface area contributed by atoms with Gasteiger partial charge in [-0.3, -0.25) is 0 Å². The summed E-state index contributed by atoms with van der Waals surface area (Å²) in [6, 6.07) is 17.1. The van der Waals surface area contributed by atoms with Gasteiger partial charge in [0.05, 0.1) is 64.3 Å². The Kier molecular flexibility index (Phi) is 8.31. The molecule has 4 saturated heterocycles. The standard InChI is InChI=1S/C41H44F2N10/c42-29-20-35-33(48-39(50-35)31-8-4-14-44-31)18-27(29)37-10-11-38(28-19-34-36(21-30(28)43)51-40(49-34)32-9-5-15-45-32)53(37)26-22-46-41(47-23-26)52-16-12-25(13-17-52)24-6-2-1-3-7-24/h1-3,6-7,18-23,25,31-32,37-38,44-45H,4-5,8-17H2,(H,48,50)(H,49,51)/t31-,32-,37-,38+/m0/s1. The average Bonchev–Trinajstić information content (AvgIpc) is 4.04. The molecule has 4 aliphatic rings. The van der Waals surface area contributed by atoms with Crippen LogP contribution in [0.5, 0.6) is 0 Å². The van der Waals surface area contributed by atoms with E-state index in [0.717, 1.165) is 93.1 Å². The lowest BCUT2D eigenvalue weighted by atomic mass is 9.90. The smallest absolute Gasteiger partial charge is 0.225 e. The van der Waals surface area contributed by atoms with Gasteiger partial charge in [-0.1, -0.05) is 30.3 Å². The van der Waals surface area contributed by atoms with E-state index in [1.807, 2.05) is 24.5 Å². The number of benzene rings is 3. The second-order valence-electron chi connectivity index (χ2n) is 15.3. The third kappa shape index (κ3) is 6.01. The van der Waals surface area contributed by atoms with Gasteiger partial charge in [0, 0.05) is 36.3 Å². The fourth-order valence-electron chi connectivity index (χ4n) is 9.34. The molecule has 4 fully saturated rings. The quantitative estimate of drug-likeness (QED) is 0.132. The first-order valence-electron chi connectivity index (χ1n) is 19.3. The van der Waals surface area contributed by atoms with Crippen LogP contribution in [0.1, 0.15) is 110 Å². The monoisotopic (exact) mass is 714 g/mol. The molecule has 6 aromatic rings. The Morgan fingerprint density at radius 2 is 1.19 bits per heavy atom. The first-order valence-corrected chi connectivity index (χ1v) is 19.3. The van der Waals surface area contributed by atoms with Crippen LogP contribution in [0.3, 0.4) is 0 Å². The third-order valence-electron chi connectivity index (χ3n) is 12.1. The molecule has 7 heterocycles. The SMILES string of the molecule is Fc1cc2nc([C@@H]3CCCN3)[nH]c2cc1[C@H]1CC[C@@H](c2cc3[nH]c([C@@H]4CCCN4)nc3cc2F)N1c1cnc(N2CCC(c3ccccc3)CC2)nc1. The molecule has 0 spiro atoms. The summed E-state index contributed by atoms with van der Waals surface area (Å²) in [6.07, 6.45) is 11.2. The zero-order valence-corrected chi connectivity index (χ0v) is 29.7. The highest BCUT2D eigenvalue weighted by atomic mass is 19.1. The molecule has 272 valence electrons. The molecule has 3 aromatic heterocycles. The van der Waals surface area contributed by atoms with E-state index in [9.17, 15) is 0 Å². The molecule has 12 heteroatoms. The Labute approximate surface area is 306 Å². The van der Waals surface area contributed by atoms with Crippen LogP contribution < -0.4 is 20.4 Å². The fourth-order valence-corrected chi connectivity index (χ4v) is 9.34. The summed E-state index contributed by atoms with van der Waals surface area (Å²) >= 11 is 0. The number of aromatic nitrogens is 6. The highest BCUT2D eigenvalue weighted by Crippen LogP contribution is 2.49. The predicted octanol–water partition coefficient (Wildman–Crippen LogP) is 7.82. The van der Waals surface area contributed by atoms with E-state index in [2.05, 4.69) is 60.7 Å². The fraction of sp³-hybridized carbons (Fsp3) is 0.415. The molecule has 3 aromatic carbocycles. The number of halogens is 2. The molecule has 0 saturated carbocycles. The second-order valence-corrected chi connectivity index (χ2v) is 15.3. The van der Waals surface area contributed by atoms with E-state index in [4.69, 9.17) is 19.9 Å². The van der Waals surface area contributed by atoms with Crippen LogP contribution >= 0.6 is 0 Å². The molecule has 0 aliphatic carbocycles. The minimum Gasteiger partial charge on any atom is -0.355 e. The number of anilines is 2. The highest BCUT2D eigenvalue weighted by Gasteiger charge is 2.39. The van der Waals surface area contributed by atoms with E-state index in [1.165, 1.54) is 5.56 Å². The molecule has 0 bridgehead atoms. The van der Waals surface area contributed by atoms with Crippen LogP contribution in [0.15, 0.2) is 67.0 Å². The van der Waals surface area contributed by atoms with Gasteiger partial charge in [0.15, 0.2) is 0 Å². The molecule has 0 radical (unpaired) electrons. The Hall–Kier alpha value is -4.94. The average molecular weight is 715 g/mol. The van der Waals surface area contributed by atoms with Crippen molar-refractivity contribution in [2.24, 2.45) is 0 Å². The first kappa shape index (κ1) is 32.7. The molecule has 53 heavy (non-hydrogen) atoms. The van der Waals surface area contributed by atoms with E-state index in [1.54, 1.807) is 12.1 Å². The number of hydrogen-bond donors (Lipinski definition) is 4. The zero-order valence-electron chi connectivity index (χ0n) is 29.7. The number of aromatic amines is 2. The minimum atomic E-state index is -0.369. The van der Waals surface area contributed by atoms with E-state index in [-0.39, 0.29) is 35.8 Å². The van der Waals surface area contributed by atoms with Crippen molar-refractivity contribution < 1.29 is 8.78 Å². The maximum atomic E-state index is 16.2. The van der Waals surface area contributed by atoms with Crippen molar-refractivity contribution in [2.75, 3.05) is 36.0 Å². The topological polar surface area (TPSA) is 114 Å². The van der Waals surface area contributed by atoms with Crippen molar-refractivity contribution in [3.05, 3.63) is 107 Å². The number of hydrogen-bond acceptors (Lipinski definition) is 8. The van der Waals surface area contributed by atoms with Gasteiger partial charge in [0.25, 0.3) is 0 Å². The molecular formula is C41H44F2N10. The van der Waals surface area contributed by atoms with Crippen LogP contribution in [0.25, 0.3) is 22.1 Å². The van der Waals surface area contributed by atoms with Crippen LogP contribution in [-0.2, 0) is 0 Å². The van der Waals surface area contributed by atoms with Crippen LogP contribution in [0.2, 0.25) is 0 Å². The second kappa shape index (κ2) is 13.5. The van der Waals surface area contributed by atoms with E-state index >= 15 is 8.78 Å². The normalized spacial score (nSPS) is 24.0.